The minimum absolute atomic E-state index is 0.657. The number of hydrogen-bond acceptors (Lipinski definition) is 2. The predicted molar refractivity (Wildman–Crippen MR) is 57.3 cm³/mol. The third-order valence-corrected chi connectivity index (χ3v) is 2.50. The maximum Gasteiger partial charge on any atom is 0.154 e. The molecule has 3 heteroatoms. The highest BCUT2D eigenvalue weighted by Crippen LogP contribution is 2.16. The number of aryl methyl sites for hydroxylation is 1. The van der Waals surface area contributed by atoms with Crippen molar-refractivity contribution >= 4 is 5.71 Å². The van der Waals surface area contributed by atoms with Crippen molar-refractivity contribution in [1.82, 2.24) is 9.55 Å². The highest BCUT2D eigenvalue weighted by Gasteiger charge is 2.13. The summed E-state index contributed by atoms with van der Waals surface area (Å²) in [4.78, 5) is 8.74. The maximum atomic E-state index is 4.43. The largest absolute Gasteiger partial charge is 0.333 e. The minimum Gasteiger partial charge on any atom is -0.333 e. The molecule has 0 aromatic carbocycles. The van der Waals surface area contributed by atoms with E-state index >= 15 is 0 Å². The summed E-state index contributed by atoms with van der Waals surface area (Å²) in [5.41, 5.74) is 1.10. The molecular weight excluding hydrogens is 174 g/mol. The molecule has 2 heterocycles. The van der Waals surface area contributed by atoms with Gasteiger partial charge in [-0.3, -0.25) is 4.99 Å². The highest BCUT2D eigenvalue weighted by atomic mass is 15.0. The third-order valence-electron chi connectivity index (χ3n) is 2.50. The molecule has 0 aliphatic carbocycles. The van der Waals surface area contributed by atoms with Crippen LogP contribution in [0.1, 0.15) is 25.6 Å². The molecule has 0 N–H and O–H groups in total. The zero-order valence-corrected chi connectivity index (χ0v) is 8.64. The summed E-state index contributed by atoms with van der Waals surface area (Å²) in [5.74, 6) is 1.65. The van der Waals surface area contributed by atoms with Gasteiger partial charge in [0, 0.05) is 25.6 Å². The topological polar surface area (TPSA) is 30.2 Å². The molecular formula is C11H15N3. The molecule has 0 radical (unpaired) electrons. The number of nitrogens with zero attached hydrogens (tertiary/aromatic N) is 3. The standard InChI is InChI=1S/C11H15N3/c1-9-4-3-5-12-10(8-9)11-13-6-7-14(11)2/h3,5-7,9H,4,8H2,1-2H3. The van der Waals surface area contributed by atoms with E-state index in [0.29, 0.717) is 5.92 Å². The van der Waals surface area contributed by atoms with Crippen LogP contribution < -0.4 is 0 Å². The number of rotatable bonds is 1. The number of aromatic nitrogens is 2. The van der Waals surface area contributed by atoms with Gasteiger partial charge in [-0.15, -0.1) is 0 Å². The normalized spacial score (nSPS) is 21.9. The fourth-order valence-electron chi connectivity index (χ4n) is 1.69. The lowest BCUT2D eigenvalue weighted by molar-refractivity contribution is 0.622. The molecule has 1 aliphatic heterocycles. The van der Waals surface area contributed by atoms with E-state index in [2.05, 4.69) is 23.0 Å². The molecule has 2 rings (SSSR count). The Morgan fingerprint density at radius 1 is 1.50 bits per heavy atom. The molecule has 1 unspecified atom stereocenters. The molecule has 0 saturated heterocycles. The number of aliphatic imine (C=N–C) groups is 1. The van der Waals surface area contributed by atoms with Gasteiger partial charge in [0.2, 0.25) is 0 Å². The van der Waals surface area contributed by atoms with Crippen molar-refractivity contribution in [2.75, 3.05) is 0 Å². The van der Waals surface area contributed by atoms with Crippen molar-refractivity contribution in [1.29, 1.82) is 0 Å². The van der Waals surface area contributed by atoms with E-state index < -0.39 is 0 Å². The van der Waals surface area contributed by atoms with Crippen LogP contribution in [0, 0.1) is 5.92 Å². The van der Waals surface area contributed by atoms with Crippen LogP contribution in [-0.2, 0) is 7.05 Å². The van der Waals surface area contributed by atoms with Crippen molar-refractivity contribution in [2.45, 2.75) is 19.8 Å². The molecule has 1 atom stereocenters. The molecule has 0 spiro atoms. The Labute approximate surface area is 84.2 Å². The predicted octanol–water partition coefficient (Wildman–Crippen LogP) is 2.15. The summed E-state index contributed by atoms with van der Waals surface area (Å²) in [6.45, 7) is 2.24. The van der Waals surface area contributed by atoms with Gasteiger partial charge in [-0.05, 0) is 18.8 Å². The van der Waals surface area contributed by atoms with Crippen LogP contribution in [0.15, 0.2) is 29.7 Å². The first-order valence-electron chi connectivity index (χ1n) is 4.96. The average molecular weight is 189 g/mol. The van der Waals surface area contributed by atoms with Crippen LogP contribution in [0.4, 0.5) is 0 Å². The van der Waals surface area contributed by atoms with Crippen LogP contribution in [0.25, 0.3) is 0 Å². The third kappa shape index (κ3) is 1.76. The molecule has 3 nitrogen and oxygen atoms in total. The molecule has 1 aliphatic rings. The average Bonchev–Trinajstić information content (AvgIpc) is 2.45. The zero-order chi connectivity index (χ0) is 9.97. The first kappa shape index (κ1) is 9.19. The van der Waals surface area contributed by atoms with Gasteiger partial charge in [-0.2, -0.15) is 0 Å². The second-order valence-electron chi connectivity index (χ2n) is 3.87. The van der Waals surface area contributed by atoms with Crippen LogP contribution in [0.3, 0.4) is 0 Å². The fraction of sp³-hybridized carbons (Fsp3) is 0.455. The molecule has 0 saturated carbocycles. The smallest absolute Gasteiger partial charge is 0.154 e. The summed E-state index contributed by atoms with van der Waals surface area (Å²) in [7, 11) is 2.00. The maximum absolute atomic E-state index is 4.43. The van der Waals surface area contributed by atoms with Gasteiger partial charge in [-0.1, -0.05) is 13.0 Å². The van der Waals surface area contributed by atoms with Crippen LogP contribution in [0.5, 0.6) is 0 Å². The highest BCUT2D eigenvalue weighted by molar-refractivity contribution is 5.98. The van der Waals surface area contributed by atoms with Gasteiger partial charge < -0.3 is 4.57 Å². The summed E-state index contributed by atoms with van der Waals surface area (Å²) in [5, 5.41) is 0. The van der Waals surface area contributed by atoms with Gasteiger partial charge in [0.15, 0.2) is 5.82 Å². The number of imidazole rings is 1. The molecule has 1 aromatic heterocycles. The van der Waals surface area contributed by atoms with E-state index in [9.17, 15) is 0 Å². The zero-order valence-electron chi connectivity index (χ0n) is 8.64. The van der Waals surface area contributed by atoms with E-state index in [1.807, 2.05) is 30.2 Å². The van der Waals surface area contributed by atoms with Gasteiger partial charge in [-0.25, -0.2) is 4.98 Å². The number of hydrogen-bond donors (Lipinski definition) is 0. The van der Waals surface area contributed by atoms with Crippen molar-refractivity contribution < 1.29 is 0 Å². The molecule has 0 amide bonds. The second kappa shape index (κ2) is 3.78. The Morgan fingerprint density at radius 2 is 2.36 bits per heavy atom. The lowest BCUT2D eigenvalue weighted by Gasteiger charge is -2.08. The van der Waals surface area contributed by atoms with Crippen molar-refractivity contribution in [2.24, 2.45) is 18.0 Å². The first-order valence-corrected chi connectivity index (χ1v) is 4.96. The summed E-state index contributed by atoms with van der Waals surface area (Å²) in [6.07, 6.45) is 9.91. The summed E-state index contributed by atoms with van der Waals surface area (Å²) in [6, 6.07) is 0. The molecule has 1 aromatic rings. The Morgan fingerprint density at radius 3 is 3.07 bits per heavy atom. The minimum atomic E-state index is 0.657. The second-order valence-corrected chi connectivity index (χ2v) is 3.87. The van der Waals surface area contributed by atoms with Crippen LogP contribution in [0.2, 0.25) is 0 Å². The quantitative estimate of drug-likeness (QED) is 0.665. The van der Waals surface area contributed by atoms with Gasteiger partial charge in [0.25, 0.3) is 0 Å². The van der Waals surface area contributed by atoms with E-state index in [1.165, 1.54) is 0 Å². The first-order chi connectivity index (χ1) is 6.77. The lowest BCUT2D eigenvalue weighted by Crippen LogP contribution is -2.11. The van der Waals surface area contributed by atoms with E-state index in [4.69, 9.17) is 0 Å². The van der Waals surface area contributed by atoms with Crippen molar-refractivity contribution in [3.05, 3.63) is 30.5 Å². The Hall–Kier alpha value is -1.38. The van der Waals surface area contributed by atoms with Crippen molar-refractivity contribution in [3.63, 3.8) is 0 Å². The Bertz CT molecular complexity index is 374. The van der Waals surface area contributed by atoms with Crippen molar-refractivity contribution in [3.8, 4) is 0 Å². The van der Waals surface area contributed by atoms with E-state index in [0.717, 1.165) is 24.4 Å². The Balaban J connectivity index is 2.30. The molecule has 0 fully saturated rings. The molecule has 0 bridgehead atoms. The number of allylic oxidation sites excluding steroid dienone is 1. The summed E-state index contributed by atoms with van der Waals surface area (Å²) < 4.78 is 2.02. The van der Waals surface area contributed by atoms with E-state index in [-0.39, 0.29) is 0 Å². The monoisotopic (exact) mass is 189 g/mol. The molecule has 74 valence electrons. The van der Waals surface area contributed by atoms with Crippen LogP contribution in [-0.4, -0.2) is 15.3 Å². The SMILES string of the molecule is CC1CC=CN=C(c2nccn2C)C1. The van der Waals surface area contributed by atoms with Gasteiger partial charge in [0.05, 0.1) is 5.71 Å². The Kier molecular flexibility index (Phi) is 2.48. The molecule has 14 heavy (non-hydrogen) atoms. The van der Waals surface area contributed by atoms with Crippen LogP contribution >= 0.6 is 0 Å². The fourth-order valence-corrected chi connectivity index (χ4v) is 1.69. The van der Waals surface area contributed by atoms with Gasteiger partial charge in [0.1, 0.15) is 0 Å². The lowest BCUT2D eigenvalue weighted by atomic mass is 10.0. The van der Waals surface area contributed by atoms with Gasteiger partial charge >= 0.3 is 0 Å². The summed E-state index contributed by atoms with van der Waals surface area (Å²) >= 11 is 0. The van der Waals surface area contributed by atoms with E-state index in [1.54, 1.807) is 0 Å².